The van der Waals surface area contributed by atoms with Gasteiger partial charge in [-0.15, -0.1) is 0 Å². The molecule has 0 spiro atoms. The van der Waals surface area contributed by atoms with Crippen LogP contribution in [0.15, 0.2) is 0 Å². The molecule has 0 saturated carbocycles. The van der Waals surface area contributed by atoms with E-state index in [0.29, 0.717) is 0 Å². The van der Waals surface area contributed by atoms with Crippen molar-refractivity contribution in [3.8, 4) is 0 Å². The van der Waals surface area contributed by atoms with Crippen molar-refractivity contribution >= 4 is 18.0 Å². The maximum absolute atomic E-state index is 0. The molecule has 0 atom stereocenters. The summed E-state index contributed by atoms with van der Waals surface area (Å²) in [5, 5.41) is 0. The van der Waals surface area contributed by atoms with Crippen molar-refractivity contribution in [2.24, 2.45) is 0 Å². The largest absolute Gasteiger partial charge is 0 e. The van der Waals surface area contributed by atoms with Crippen LogP contribution in [0.4, 0.5) is 0 Å². The van der Waals surface area contributed by atoms with Crippen LogP contribution in [0.3, 0.4) is 0 Å². The molecule has 0 heterocycles. The summed E-state index contributed by atoms with van der Waals surface area (Å²) < 4.78 is 0. The van der Waals surface area contributed by atoms with Crippen LogP contribution in [-0.2, 0) is 89.4 Å². The fourth-order valence-corrected chi connectivity index (χ4v) is 0. The third-order valence-electron chi connectivity index (χ3n) is 0. The molecule has 0 fully saturated rings. The Hall–Kier alpha value is 3.47. The molecule has 0 aliphatic carbocycles. The molecule has 5 heavy (non-hydrogen) atoms. The number of rotatable bonds is 0. The van der Waals surface area contributed by atoms with E-state index >= 15 is 0 Å². The van der Waals surface area contributed by atoms with Gasteiger partial charge in [0.05, 0.1) is 0 Å². The second-order valence-electron chi connectivity index (χ2n) is 0. The van der Waals surface area contributed by atoms with Gasteiger partial charge in [0.2, 0.25) is 0 Å². The van der Waals surface area contributed by atoms with Gasteiger partial charge in [0, 0.05) is 107 Å². The first-order valence-electron chi connectivity index (χ1n) is 0. The average Bonchev–Trinajstić information content (AvgIpc) is 0. The van der Waals surface area contributed by atoms with Crippen molar-refractivity contribution in [2.75, 3.05) is 0 Å². The topological polar surface area (TPSA) is 0 Å². The Morgan fingerprint density at radius 1 is 1.00 bits per heavy atom. The first-order valence-corrected chi connectivity index (χ1v) is 0. The van der Waals surface area contributed by atoms with Gasteiger partial charge >= 0.3 is 0 Å². The van der Waals surface area contributed by atoms with Gasteiger partial charge in [-0.25, -0.2) is 0 Å². The zero-order chi connectivity index (χ0) is 0. The minimum atomic E-state index is 0. The van der Waals surface area contributed by atoms with Gasteiger partial charge in [-0.1, -0.05) is 0 Å². The van der Waals surface area contributed by atoms with Gasteiger partial charge in [-0.3, -0.25) is 0 Å². The zero-order valence-corrected chi connectivity index (χ0v) is 16.2. The summed E-state index contributed by atoms with van der Waals surface area (Å²) in [6, 6.07) is 0. The number of hydrogen-bond donors (Lipinski definition) is 0. The second kappa shape index (κ2) is 26.0. The third-order valence-corrected chi connectivity index (χ3v) is 0. The van der Waals surface area contributed by atoms with Crippen LogP contribution in [0.5, 0.6) is 0 Å². The molecule has 4 radical (unpaired) electrons. The van der Waals surface area contributed by atoms with E-state index in [4.69, 9.17) is 0 Å². The molecule has 0 amide bonds. The number of hydrogen-bond acceptors (Lipinski definition) is 0. The Labute approximate surface area is 105 Å². The Bertz CT molecular complexity index is 11.6. The molecule has 26 valence electrons. The molecule has 0 aromatic heterocycles. The van der Waals surface area contributed by atoms with Crippen molar-refractivity contribution in [3.05, 3.63) is 0 Å². The van der Waals surface area contributed by atoms with E-state index in [1.807, 2.05) is 0 Å². The van der Waals surface area contributed by atoms with E-state index < -0.39 is 0 Å². The molecule has 0 rings (SSSR count). The standard InChI is InChI=1S/As.Cd.Cr.Cu.Hg. The van der Waals surface area contributed by atoms with Crippen LogP contribution in [0.2, 0.25) is 0 Å². The minimum absolute atomic E-state index is 0. The van der Waals surface area contributed by atoms with Crippen LogP contribution >= 0.6 is 0 Å². The Kier molecular flexibility index (Phi) is 204. The summed E-state index contributed by atoms with van der Waals surface area (Å²) in [6.45, 7) is 0. The third kappa shape index (κ3) is 18.6. The zero-order valence-electron chi connectivity index (χ0n) is 2.57. The SMILES string of the molecule is [As].[Cd].[Cr].[Cu].[Hg]. The predicted molar refractivity (Wildman–Crippen MR) is 5.75 cm³/mol. The van der Waals surface area contributed by atoms with Crippen molar-refractivity contribution in [2.45, 2.75) is 0 Å². The molecule has 0 aromatic rings. The molecule has 5 heteroatoms. The maximum Gasteiger partial charge on any atom is 0 e. The van der Waals surface area contributed by atoms with Crippen LogP contribution in [0.1, 0.15) is 0 Å². The van der Waals surface area contributed by atoms with E-state index in [1.54, 1.807) is 0 Å². The molecule has 0 N–H and O–H groups in total. The summed E-state index contributed by atoms with van der Waals surface area (Å²) in [5.41, 5.74) is 0. The molecule has 0 unspecified atom stereocenters. The maximum atomic E-state index is 0. The van der Waals surface area contributed by atoms with Gasteiger partial charge in [0.25, 0.3) is 0 Å². The van der Waals surface area contributed by atoms with Gasteiger partial charge in [-0.2, -0.15) is 0 Å². The van der Waals surface area contributed by atoms with Gasteiger partial charge in [0.15, 0.2) is 0 Å². The average molecular weight is 503 g/mol. The minimum Gasteiger partial charge on any atom is 0 e. The van der Waals surface area contributed by atoms with Crippen LogP contribution in [0.25, 0.3) is 0 Å². The smallest absolute Gasteiger partial charge is 0 e. The Morgan fingerprint density at radius 3 is 1.00 bits per heavy atom. The van der Waals surface area contributed by atoms with E-state index in [9.17, 15) is 0 Å². The summed E-state index contributed by atoms with van der Waals surface area (Å²) in [6.07, 6.45) is 0. The van der Waals surface area contributed by atoms with Crippen LogP contribution in [-0.4, -0.2) is 18.0 Å². The van der Waals surface area contributed by atoms with Crippen molar-refractivity contribution in [1.82, 2.24) is 0 Å². The molecule has 0 aromatic carbocycles. The quantitative estimate of drug-likeness (QED) is 0.396. The van der Waals surface area contributed by atoms with Gasteiger partial charge in [0.1, 0.15) is 0 Å². The second-order valence-corrected chi connectivity index (χ2v) is 0. The monoisotopic (exact) mass is 506 g/mol. The van der Waals surface area contributed by atoms with Crippen LogP contribution < -0.4 is 0 Å². The molecular formula is AsCdCrCuHg. The molecule has 0 aliphatic heterocycles. The van der Waals surface area contributed by atoms with E-state index in [-0.39, 0.29) is 107 Å². The van der Waals surface area contributed by atoms with Crippen molar-refractivity contribution in [3.63, 3.8) is 0 Å². The fourth-order valence-electron chi connectivity index (χ4n) is 0. The summed E-state index contributed by atoms with van der Waals surface area (Å²) in [4.78, 5) is 0. The molecule has 0 saturated heterocycles. The van der Waals surface area contributed by atoms with E-state index in [0.717, 1.165) is 0 Å². The normalized spacial score (nSPS) is 0. The van der Waals surface area contributed by atoms with Crippen LogP contribution in [0, 0.1) is 0 Å². The molecule has 0 bridgehead atoms. The van der Waals surface area contributed by atoms with E-state index in [1.165, 1.54) is 0 Å². The van der Waals surface area contributed by atoms with Crippen molar-refractivity contribution in [1.29, 1.82) is 0 Å². The van der Waals surface area contributed by atoms with Gasteiger partial charge in [-0.05, 0) is 0 Å². The summed E-state index contributed by atoms with van der Waals surface area (Å²) in [7, 11) is 0. The predicted octanol–water partition coefficient (Wildman–Crippen LogP) is -0.391. The molecular weight excluding hydrogens is 503 g/mol. The van der Waals surface area contributed by atoms with E-state index in [2.05, 4.69) is 0 Å². The Morgan fingerprint density at radius 2 is 1.00 bits per heavy atom. The molecule has 0 nitrogen and oxygen atoms in total. The molecule has 0 aliphatic rings. The van der Waals surface area contributed by atoms with Gasteiger partial charge < -0.3 is 0 Å². The fraction of sp³-hybridized carbons (Fsp3) is 0. The Balaban J connectivity index is 0. The van der Waals surface area contributed by atoms with Crippen molar-refractivity contribution < 1.29 is 89.4 Å². The summed E-state index contributed by atoms with van der Waals surface area (Å²) in [5.74, 6) is 0. The summed E-state index contributed by atoms with van der Waals surface area (Å²) >= 11 is 0. The first-order chi connectivity index (χ1) is 0. The first kappa shape index (κ1) is 39.3.